The van der Waals surface area contributed by atoms with Crippen LogP contribution in [0.1, 0.15) is 251 Å². The molecule has 6 heteroatoms. The van der Waals surface area contributed by atoms with Gasteiger partial charge >= 0.3 is 5.97 Å². The molecule has 0 rings (SSSR count). The van der Waals surface area contributed by atoms with Gasteiger partial charge in [-0.3, -0.25) is 9.59 Å². The number of aliphatic hydroxyl groups is 2. The summed E-state index contributed by atoms with van der Waals surface area (Å²) in [6.07, 6.45) is 59.4. The maximum absolute atomic E-state index is 12.4. The van der Waals surface area contributed by atoms with Crippen molar-refractivity contribution in [2.45, 2.75) is 264 Å². The van der Waals surface area contributed by atoms with E-state index in [1.54, 1.807) is 0 Å². The van der Waals surface area contributed by atoms with E-state index in [0.29, 0.717) is 25.9 Å². The fourth-order valence-electron chi connectivity index (χ4n) is 7.41. The molecule has 0 fully saturated rings. The SMILES string of the molecule is CCCC/C=C\C/C=C\CCCCCCCC(=O)OCCCCC/C=C\C=C/CCCCCCCCCCCCC(=O)NC(CO)C(O)CCCCCCCCCCC. The summed E-state index contributed by atoms with van der Waals surface area (Å²) in [4.78, 5) is 24.4. The second kappa shape index (κ2) is 48.5. The van der Waals surface area contributed by atoms with Gasteiger partial charge in [0.25, 0.3) is 0 Å². The highest BCUT2D eigenvalue weighted by molar-refractivity contribution is 5.76. The van der Waals surface area contributed by atoms with E-state index in [1.165, 1.54) is 135 Å². The molecule has 3 N–H and O–H groups in total. The van der Waals surface area contributed by atoms with E-state index in [9.17, 15) is 19.8 Å². The topological polar surface area (TPSA) is 95.9 Å². The summed E-state index contributed by atoms with van der Waals surface area (Å²) in [5, 5.41) is 23.0. The van der Waals surface area contributed by atoms with E-state index in [0.717, 1.165) is 83.5 Å². The van der Waals surface area contributed by atoms with E-state index >= 15 is 0 Å². The lowest BCUT2D eigenvalue weighted by Crippen LogP contribution is -2.45. The standard InChI is InChI=1S/C53H97NO5/c1-3-5-7-9-11-13-14-15-24-27-31-35-39-43-47-53(58)59-48-44-40-36-32-28-25-22-20-18-16-17-19-21-23-26-30-34-38-42-46-52(57)54-50(49-55)51(56)45-41-37-33-29-12-10-8-6-4-2/h9,11,14-15,20,22,25,28,50-51,55-56H,3-8,10,12-13,16-19,21,23-24,26-27,29-49H2,1-2H3,(H,54,57)/b11-9-,15-14-,22-20-,28-25-. The first-order valence-corrected chi connectivity index (χ1v) is 25.4. The minimum atomic E-state index is -0.669. The van der Waals surface area contributed by atoms with Crippen LogP contribution in [-0.2, 0) is 14.3 Å². The Morgan fingerprint density at radius 3 is 1.44 bits per heavy atom. The third-order valence-electron chi connectivity index (χ3n) is 11.4. The number of allylic oxidation sites excluding steroid dienone is 8. The number of hydrogen-bond acceptors (Lipinski definition) is 5. The average molecular weight is 828 g/mol. The van der Waals surface area contributed by atoms with Crippen LogP contribution in [0.3, 0.4) is 0 Å². The summed E-state index contributed by atoms with van der Waals surface area (Å²) in [6, 6.07) is -0.548. The normalized spacial score (nSPS) is 13.1. The first-order valence-electron chi connectivity index (χ1n) is 25.4. The molecular weight excluding hydrogens is 731 g/mol. The summed E-state index contributed by atoms with van der Waals surface area (Å²) >= 11 is 0. The number of amides is 1. The summed E-state index contributed by atoms with van der Waals surface area (Å²) in [7, 11) is 0. The molecule has 0 saturated heterocycles. The molecule has 0 spiro atoms. The molecule has 0 radical (unpaired) electrons. The number of nitrogens with one attached hydrogen (secondary N) is 1. The Labute approximate surface area is 366 Å². The number of carbonyl (C=O) groups is 2. The third-order valence-corrected chi connectivity index (χ3v) is 11.4. The van der Waals surface area contributed by atoms with E-state index in [-0.39, 0.29) is 18.5 Å². The lowest BCUT2D eigenvalue weighted by atomic mass is 10.0. The molecule has 0 bridgehead atoms. The molecule has 0 aliphatic carbocycles. The number of rotatable bonds is 46. The van der Waals surface area contributed by atoms with Crippen molar-refractivity contribution in [1.29, 1.82) is 0 Å². The zero-order chi connectivity index (χ0) is 43.0. The second-order valence-electron chi connectivity index (χ2n) is 17.2. The second-order valence-corrected chi connectivity index (χ2v) is 17.2. The van der Waals surface area contributed by atoms with Crippen LogP contribution in [0.5, 0.6) is 0 Å². The minimum Gasteiger partial charge on any atom is -0.466 e. The van der Waals surface area contributed by atoms with Crippen molar-refractivity contribution in [3.05, 3.63) is 48.6 Å². The molecule has 6 nitrogen and oxygen atoms in total. The zero-order valence-corrected chi connectivity index (χ0v) is 39.0. The van der Waals surface area contributed by atoms with E-state index in [1.807, 2.05) is 0 Å². The molecule has 0 aromatic rings. The largest absolute Gasteiger partial charge is 0.466 e. The highest BCUT2D eigenvalue weighted by Crippen LogP contribution is 2.15. The van der Waals surface area contributed by atoms with Gasteiger partial charge in [0.2, 0.25) is 5.91 Å². The molecule has 344 valence electrons. The molecular formula is C53H97NO5. The Bertz CT molecular complexity index is 1000. The van der Waals surface area contributed by atoms with Gasteiger partial charge in [-0.1, -0.05) is 204 Å². The van der Waals surface area contributed by atoms with Crippen LogP contribution in [0.2, 0.25) is 0 Å². The summed E-state index contributed by atoms with van der Waals surface area (Å²) in [5.41, 5.74) is 0. The Hall–Kier alpha value is -2.18. The van der Waals surface area contributed by atoms with Crippen LogP contribution in [0.15, 0.2) is 48.6 Å². The number of aliphatic hydroxyl groups excluding tert-OH is 2. The number of carbonyl (C=O) groups excluding carboxylic acids is 2. The number of esters is 1. The van der Waals surface area contributed by atoms with Crippen LogP contribution in [-0.4, -0.2) is 47.4 Å². The first-order chi connectivity index (χ1) is 29.0. The fraction of sp³-hybridized carbons (Fsp3) is 0.811. The van der Waals surface area contributed by atoms with Crippen LogP contribution in [0.4, 0.5) is 0 Å². The molecule has 2 unspecified atom stereocenters. The predicted molar refractivity (Wildman–Crippen MR) is 255 cm³/mol. The highest BCUT2D eigenvalue weighted by atomic mass is 16.5. The van der Waals surface area contributed by atoms with E-state index < -0.39 is 12.1 Å². The molecule has 0 aliphatic heterocycles. The van der Waals surface area contributed by atoms with E-state index in [4.69, 9.17) is 4.74 Å². The predicted octanol–water partition coefficient (Wildman–Crippen LogP) is 15.1. The van der Waals surface area contributed by atoms with Crippen LogP contribution >= 0.6 is 0 Å². The number of hydrogen-bond donors (Lipinski definition) is 3. The fourth-order valence-corrected chi connectivity index (χ4v) is 7.41. The van der Waals surface area contributed by atoms with Crippen LogP contribution in [0.25, 0.3) is 0 Å². The highest BCUT2D eigenvalue weighted by Gasteiger charge is 2.20. The average Bonchev–Trinajstić information content (AvgIpc) is 3.24. The van der Waals surface area contributed by atoms with Gasteiger partial charge in [0, 0.05) is 12.8 Å². The molecule has 2 atom stereocenters. The minimum absolute atomic E-state index is 0.0291. The smallest absolute Gasteiger partial charge is 0.305 e. The van der Waals surface area contributed by atoms with Gasteiger partial charge < -0.3 is 20.3 Å². The van der Waals surface area contributed by atoms with Gasteiger partial charge in [0.15, 0.2) is 0 Å². The van der Waals surface area contributed by atoms with Crippen molar-refractivity contribution in [3.63, 3.8) is 0 Å². The quantitative estimate of drug-likeness (QED) is 0.0246. The summed E-state index contributed by atoms with van der Waals surface area (Å²) in [6.45, 7) is 4.83. The van der Waals surface area contributed by atoms with Crippen molar-refractivity contribution < 1.29 is 24.5 Å². The molecule has 1 amide bonds. The molecule has 0 aromatic carbocycles. The Morgan fingerprint density at radius 1 is 0.492 bits per heavy atom. The lowest BCUT2D eigenvalue weighted by molar-refractivity contribution is -0.143. The van der Waals surface area contributed by atoms with Crippen molar-refractivity contribution in [3.8, 4) is 0 Å². The maximum atomic E-state index is 12.4. The van der Waals surface area contributed by atoms with Gasteiger partial charge in [-0.2, -0.15) is 0 Å². The molecule has 0 saturated carbocycles. The van der Waals surface area contributed by atoms with Crippen LogP contribution < -0.4 is 5.32 Å². The van der Waals surface area contributed by atoms with Crippen molar-refractivity contribution in [2.24, 2.45) is 0 Å². The Kier molecular flexibility index (Phi) is 46.7. The third kappa shape index (κ3) is 45.2. The van der Waals surface area contributed by atoms with Gasteiger partial charge in [0.1, 0.15) is 0 Å². The summed E-state index contributed by atoms with van der Waals surface area (Å²) < 4.78 is 5.43. The van der Waals surface area contributed by atoms with Gasteiger partial charge in [0.05, 0.1) is 25.4 Å². The lowest BCUT2D eigenvalue weighted by Gasteiger charge is -2.22. The van der Waals surface area contributed by atoms with Gasteiger partial charge in [-0.25, -0.2) is 0 Å². The number of unbranched alkanes of at least 4 members (excludes halogenated alkanes) is 28. The molecule has 0 heterocycles. The van der Waals surface area contributed by atoms with Crippen LogP contribution in [0, 0.1) is 0 Å². The summed E-state index contributed by atoms with van der Waals surface area (Å²) in [5.74, 6) is -0.0783. The first kappa shape index (κ1) is 56.8. The maximum Gasteiger partial charge on any atom is 0.305 e. The number of ether oxygens (including phenoxy) is 1. The van der Waals surface area contributed by atoms with Crippen molar-refractivity contribution in [1.82, 2.24) is 5.32 Å². The van der Waals surface area contributed by atoms with Gasteiger partial charge in [-0.05, 0) is 83.5 Å². The molecule has 0 aliphatic rings. The van der Waals surface area contributed by atoms with Crippen molar-refractivity contribution in [2.75, 3.05) is 13.2 Å². The molecule has 0 aromatic heterocycles. The Balaban J connectivity index is 3.48. The van der Waals surface area contributed by atoms with Gasteiger partial charge in [-0.15, -0.1) is 0 Å². The zero-order valence-electron chi connectivity index (χ0n) is 39.0. The van der Waals surface area contributed by atoms with E-state index in [2.05, 4.69) is 67.8 Å². The monoisotopic (exact) mass is 828 g/mol. The van der Waals surface area contributed by atoms with Crippen molar-refractivity contribution >= 4 is 11.9 Å². The Morgan fingerprint density at radius 2 is 0.915 bits per heavy atom. The molecule has 59 heavy (non-hydrogen) atoms.